The van der Waals surface area contributed by atoms with E-state index in [1.165, 1.54) is 11.3 Å². The van der Waals surface area contributed by atoms with Crippen LogP contribution in [0.3, 0.4) is 0 Å². The zero-order valence-corrected chi connectivity index (χ0v) is 10.6. The van der Waals surface area contributed by atoms with Gasteiger partial charge in [0.05, 0.1) is 23.7 Å². The molecule has 1 atom stereocenters. The lowest BCUT2D eigenvalue weighted by Crippen LogP contribution is -2.37. The van der Waals surface area contributed by atoms with Gasteiger partial charge in [-0.1, -0.05) is 11.6 Å². The third-order valence-electron chi connectivity index (χ3n) is 2.74. The van der Waals surface area contributed by atoms with Crippen LogP contribution in [0.2, 0.25) is 4.34 Å². The number of thiophene rings is 1. The fraction of sp³-hybridized carbons (Fsp3) is 0.636. The number of nitrogens with zero attached hydrogens (tertiary/aromatic N) is 1. The highest BCUT2D eigenvalue weighted by molar-refractivity contribution is 7.16. The Morgan fingerprint density at radius 2 is 2.19 bits per heavy atom. The van der Waals surface area contributed by atoms with Gasteiger partial charge in [-0.25, -0.2) is 0 Å². The molecule has 0 saturated carbocycles. The molecule has 5 heteroatoms. The van der Waals surface area contributed by atoms with Crippen LogP contribution in [0.4, 0.5) is 0 Å². The van der Waals surface area contributed by atoms with E-state index in [2.05, 4.69) is 4.90 Å². The van der Waals surface area contributed by atoms with Gasteiger partial charge in [0, 0.05) is 24.5 Å². The number of morpholine rings is 1. The van der Waals surface area contributed by atoms with Gasteiger partial charge in [-0.05, 0) is 18.6 Å². The molecule has 0 aliphatic carbocycles. The molecule has 1 unspecified atom stereocenters. The molecule has 2 heterocycles. The Hall–Kier alpha value is -0.130. The fourth-order valence-corrected chi connectivity index (χ4v) is 2.86. The van der Waals surface area contributed by atoms with Crippen LogP contribution in [0.5, 0.6) is 0 Å². The number of halogens is 1. The standard InChI is InChI=1S/C11H16ClNO2S/c12-11-2-1-10(16-11)9(14)3-4-13-5-7-15-8-6-13/h1-2,9,14H,3-8H2. The molecule has 1 aromatic rings. The predicted molar refractivity (Wildman–Crippen MR) is 66.2 cm³/mol. The highest BCUT2D eigenvalue weighted by atomic mass is 35.5. The van der Waals surface area contributed by atoms with Gasteiger partial charge in [-0.3, -0.25) is 4.90 Å². The van der Waals surface area contributed by atoms with Crippen molar-refractivity contribution < 1.29 is 9.84 Å². The first-order chi connectivity index (χ1) is 7.75. The van der Waals surface area contributed by atoms with E-state index >= 15 is 0 Å². The van der Waals surface area contributed by atoms with Crippen molar-refractivity contribution in [1.29, 1.82) is 0 Å². The number of ether oxygens (including phenoxy) is 1. The summed E-state index contributed by atoms with van der Waals surface area (Å²) in [6.07, 6.45) is 0.372. The molecule has 1 fully saturated rings. The summed E-state index contributed by atoms with van der Waals surface area (Å²) in [5.41, 5.74) is 0. The molecule has 0 amide bonds. The van der Waals surface area contributed by atoms with E-state index in [1.54, 1.807) is 0 Å². The van der Waals surface area contributed by atoms with Gasteiger partial charge >= 0.3 is 0 Å². The van der Waals surface area contributed by atoms with E-state index in [9.17, 15) is 5.11 Å². The van der Waals surface area contributed by atoms with Crippen LogP contribution in [0, 0.1) is 0 Å². The second-order valence-corrected chi connectivity index (χ2v) is 5.65. The molecule has 2 rings (SSSR count). The molecular weight excluding hydrogens is 246 g/mol. The van der Waals surface area contributed by atoms with Crippen molar-refractivity contribution in [2.45, 2.75) is 12.5 Å². The van der Waals surface area contributed by atoms with E-state index in [-0.39, 0.29) is 6.10 Å². The second kappa shape index (κ2) is 5.98. The smallest absolute Gasteiger partial charge is 0.0932 e. The van der Waals surface area contributed by atoms with E-state index in [0.29, 0.717) is 0 Å². The van der Waals surface area contributed by atoms with Crippen LogP contribution < -0.4 is 0 Å². The Balaban J connectivity index is 1.76. The molecule has 0 radical (unpaired) electrons. The summed E-state index contributed by atoms with van der Waals surface area (Å²) in [5, 5.41) is 9.96. The zero-order chi connectivity index (χ0) is 11.4. The molecule has 1 N–H and O–H groups in total. The maximum atomic E-state index is 9.96. The van der Waals surface area contributed by atoms with Gasteiger partial charge in [0.1, 0.15) is 0 Å². The number of rotatable bonds is 4. The normalized spacial score (nSPS) is 19.9. The first kappa shape index (κ1) is 12.3. The molecule has 1 aliphatic heterocycles. The van der Waals surface area contributed by atoms with Crippen molar-refractivity contribution in [2.24, 2.45) is 0 Å². The lowest BCUT2D eigenvalue weighted by Gasteiger charge is -2.27. The average Bonchev–Trinajstić information content (AvgIpc) is 2.74. The van der Waals surface area contributed by atoms with Gasteiger partial charge in [0.25, 0.3) is 0 Å². The van der Waals surface area contributed by atoms with Crippen LogP contribution in [-0.4, -0.2) is 42.9 Å². The maximum absolute atomic E-state index is 9.96. The molecule has 3 nitrogen and oxygen atoms in total. The first-order valence-corrected chi connectivity index (χ1v) is 6.68. The lowest BCUT2D eigenvalue weighted by molar-refractivity contribution is 0.0303. The molecule has 1 aromatic heterocycles. The third-order valence-corrected chi connectivity index (χ3v) is 4.08. The van der Waals surface area contributed by atoms with E-state index in [4.69, 9.17) is 16.3 Å². The number of hydrogen-bond acceptors (Lipinski definition) is 4. The zero-order valence-electron chi connectivity index (χ0n) is 9.06. The topological polar surface area (TPSA) is 32.7 Å². The number of aliphatic hydroxyl groups is 1. The van der Waals surface area contributed by atoms with Crippen molar-refractivity contribution in [2.75, 3.05) is 32.8 Å². The minimum Gasteiger partial charge on any atom is -0.388 e. The average molecular weight is 262 g/mol. The van der Waals surface area contributed by atoms with Crippen molar-refractivity contribution in [1.82, 2.24) is 4.90 Å². The number of aliphatic hydroxyl groups excluding tert-OH is 1. The molecule has 16 heavy (non-hydrogen) atoms. The van der Waals surface area contributed by atoms with Crippen molar-refractivity contribution in [3.8, 4) is 0 Å². The first-order valence-electron chi connectivity index (χ1n) is 5.49. The van der Waals surface area contributed by atoms with Gasteiger partial charge in [-0.15, -0.1) is 11.3 Å². The summed E-state index contributed by atoms with van der Waals surface area (Å²) in [4.78, 5) is 3.28. The summed E-state index contributed by atoms with van der Waals surface area (Å²) in [7, 11) is 0. The Morgan fingerprint density at radius 1 is 1.44 bits per heavy atom. The maximum Gasteiger partial charge on any atom is 0.0932 e. The van der Waals surface area contributed by atoms with Gasteiger partial charge in [0.15, 0.2) is 0 Å². The van der Waals surface area contributed by atoms with E-state index in [0.717, 1.165) is 48.5 Å². The van der Waals surface area contributed by atoms with Gasteiger partial charge in [0.2, 0.25) is 0 Å². The Morgan fingerprint density at radius 3 is 2.81 bits per heavy atom. The summed E-state index contributed by atoms with van der Waals surface area (Å²) >= 11 is 7.29. The Labute approximate surface area is 105 Å². The minimum absolute atomic E-state index is 0.389. The van der Waals surface area contributed by atoms with E-state index < -0.39 is 0 Å². The molecule has 0 spiro atoms. The second-order valence-electron chi connectivity index (χ2n) is 3.90. The van der Waals surface area contributed by atoms with Crippen LogP contribution in [0.25, 0.3) is 0 Å². The summed E-state index contributed by atoms with van der Waals surface area (Å²) in [6, 6.07) is 3.73. The molecule has 0 bridgehead atoms. The molecule has 90 valence electrons. The molecule has 0 aromatic carbocycles. The Bertz CT molecular complexity index is 326. The largest absolute Gasteiger partial charge is 0.388 e. The van der Waals surface area contributed by atoms with Crippen LogP contribution in [0.1, 0.15) is 17.4 Å². The molecule has 1 saturated heterocycles. The SMILES string of the molecule is OC(CCN1CCOCC1)c1ccc(Cl)s1. The third kappa shape index (κ3) is 3.43. The number of hydrogen-bond donors (Lipinski definition) is 1. The molecular formula is C11H16ClNO2S. The van der Waals surface area contributed by atoms with Crippen molar-refractivity contribution in [3.05, 3.63) is 21.3 Å². The van der Waals surface area contributed by atoms with Crippen LogP contribution in [-0.2, 0) is 4.74 Å². The summed E-state index contributed by atoms with van der Waals surface area (Å²) < 4.78 is 6.01. The van der Waals surface area contributed by atoms with Crippen LogP contribution in [0.15, 0.2) is 12.1 Å². The molecule has 1 aliphatic rings. The lowest BCUT2D eigenvalue weighted by atomic mass is 10.2. The fourth-order valence-electron chi connectivity index (χ4n) is 1.78. The van der Waals surface area contributed by atoms with Gasteiger partial charge < -0.3 is 9.84 Å². The van der Waals surface area contributed by atoms with E-state index in [1.807, 2.05) is 12.1 Å². The quantitative estimate of drug-likeness (QED) is 0.902. The summed E-state index contributed by atoms with van der Waals surface area (Å²) in [5.74, 6) is 0. The minimum atomic E-state index is -0.389. The van der Waals surface area contributed by atoms with Crippen molar-refractivity contribution >= 4 is 22.9 Å². The monoisotopic (exact) mass is 261 g/mol. The summed E-state index contributed by atoms with van der Waals surface area (Å²) in [6.45, 7) is 4.47. The van der Waals surface area contributed by atoms with Crippen LogP contribution >= 0.6 is 22.9 Å². The predicted octanol–water partition coefficient (Wildman–Crippen LogP) is 2.16. The highest BCUT2D eigenvalue weighted by Crippen LogP contribution is 2.28. The highest BCUT2D eigenvalue weighted by Gasteiger charge is 2.14. The van der Waals surface area contributed by atoms with Crippen molar-refractivity contribution in [3.63, 3.8) is 0 Å². The Kier molecular flexibility index (Phi) is 4.61. The van der Waals surface area contributed by atoms with Gasteiger partial charge in [-0.2, -0.15) is 0 Å².